The molecule has 0 bridgehead atoms. The number of benzene rings is 1. The van der Waals surface area contributed by atoms with Crippen LogP contribution in [0, 0.1) is 0 Å². The number of ether oxygens (including phenoxy) is 1. The summed E-state index contributed by atoms with van der Waals surface area (Å²) in [5.41, 5.74) is 1.51. The molecule has 0 aliphatic heterocycles. The first kappa shape index (κ1) is 12.6. The van der Waals surface area contributed by atoms with Gasteiger partial charge in [-0.1, -0.05) is 12.1 Å². The van der Waals surface area contributed by atoms with Crippen LogP contribution in [0.3, 0.4) is 0 Å². The first-order valence-corrected chi connectivity index (χ1v) is 6.69. The number of aromatic nitrogens is 1. The fourth-order valence-corrected chi connectivity index (χ4v) is 3.01. The Hall–Kier alpha value is -3.08. The molecule has 1 aliphatic carbocycles. The minimum atomic E-state index is -0.345. The van der Waals surface area contributed by atoms with Crippen molar-refractivity contribution in [3.63, 3.8) is 0 Å². The van der Waals surface area contributed by atoms with Crippen molar-refractivity contribution in [3.05, 3.63) is 46.8 Å². The van der Waals surface area contributed by atoms with Gasteiger partial charge < -0.3 is 14.9 Å². The topological polar surface area (TPSA) is 79.7 Å². The van der Waals surface area contributed by atoms with Gasteiger partial charge in [0, 0.05) is 28.3 Å². The predicted octanol–water partition coefficient (Wildman–Crippen LogP) is 2.66. The lowest BCUT2D eigenvalue weighted by atomic mass is 10.0. The lowest BCUT2D eigenvalue weighted by molar-refractivity contribution is 0.405. The number of nitrogens with zero attached hydrogens (tertiary/aromatic N) is 1. The molecule has 0 unspecified atom stereocenters. The van der Waals surface area contributed by atoms with E-state index in [1.54, 1.807) is 30.5 Å². The molecule has 0 amide bonds. The molecule has 3 aromatic rings. The number of pyridine rings is 1. The van der Waals surface area contributed by atoms with E-state index in [2.05, 4.69) is 4.98 Å². The van der Waals surface area contributed by atoms with Crippen LogP contribution in [0.1, 0.15) is 0 Å². The summed E-state index contributed by atoms with van der Waals surface area (Å²) in [6.45, 7) is 0. The Balaban J connectivity index is 2.31. The van der Waals surface area contributed by atoms with Gasteiger partial charge in [-0.05, 0) is 23.6 Å². The average Bonchev–Trinajstić information content (AvgIpc) is 2.75. The smallest absolute Gasteiger partial charge is 0.228 e. The number of fused-ring (bicyclic) bond motifs is 3. The second-order valence-electron chi connectivity index (χ2n) is 5.09. The Labute approximate surface area is 125 Å². The monoisotopic (exact) mass is 293 g/mol. The number of phenolic OH excluding ortho intramolecular Hbond substituents is 2. The number of hydrogen-bond donors (Lipinski definition) is 2. The maximum Gasteiger partial charge on any atom is 0.228 e. The molecular weight excluding hydrogens is 282 g/mol. The molecule has 2 aromatic carbocycles. The fraction of sp³-hybridized carbons (Fsp3) is 0.0588. The highest BCUT2D eigenvalue weighted by Crippen LogP contribution is 2.51. The van der Waals surface area contributed by atoms with Crippen molar-refractivity contribution in [2.75, 3.05) is 7.11 Å². The molecule has 0 spiro atoms. The third-order valence-electron chi connectivity index (χ3n) is 3.96. The van der Waals surface area contributed by atoms with E-state index in [0.717, 1.165) is 0 Å². The second kappa shape index (κ2) is 4.21. The summed E-state index contributed by atoms with van der Waals surface area (Å²) >= 11 is 0. The van der Waals surface area contributed by atoms with E-state index in [0.29, 0.717) is 33.2 Å². The van der Waals surface area contributed by atoms with E-state index in [9.17, 15) is 15.0 Å². The van der Waals surface area contributed by atoms with Crippen molar-refractivity contribution < 1.29 is 14.9 Å². The normalized spacial score (nSPS) is 11.5. The summed E-state index contributed by atoms with van der Waals surface area (Å²) in [4.78, 5) is 17.1. The van der Waals surface area contributed by atoms with Crippen molar-refractivity contribution >= 4 is 10.8 Å². The summed E-state index contributed by atoms with van der Waals surface area (Å²) in [6.07, 6.45) is 1.61. The molecule has 1 aromatic heterocycles. The molecule has 0 saturated heterocycles. The summed E-state index contributed by atoms with van der Waals surface area (Å²) in [5.74, 6) is -0.409. The van der Waals surface area contributed by atoms with Gasteiger partial charge in [0.1, 0.15) is 0 Å². The van der Waals surface area contributed by atoms with E-state index in [1.165, 1.54) is 13.2 Å². The molecule has 5 heteroatoms. The maximum absolute atomic E-state index is 12.7. The largest absolute Gasteiger partial charge is 0.504 e. The molecule has 0 radical (unpaired) electrons. The molecular formula is C17H11NO4. The molecule has 0 atom stereocenters. The fourth-order valence-electron chi connectivity index (χ4n) is 3.01. The van der Waals surface area contributed by atoms with Crippen molar-refractivity contribution in [1.82, 2.24) is 4.98 Å². The van der Waals surface area contributed by atoms with Gasteiger partial charge in [0.05, 0.1) is 12.8 Å². The molecule has 108 valence electrons. The van der Waals surface area contributed by atoms with Crippen molar-refractivity contribution in [2.24, 2.45) is 0 Å². The van der Waals surface area contributed by atoms with Crippen LogP contribution < -0.4 is 10.2 Å². The second-order valence-corrected chi connectivity index (χ2v) is 5.09. The summed E-state index contributed by atoms with van der Waals surface area (Å²) < 4.78 is 5.12. The maximum atomic E-state index is 12.7. The lowest BCUT2D eigenvalue weighted by Gasteiger charge is -2.06. The SMILES string of the molecule is COc1cccc2c(c1=O)-c1c(O)c(O)cc3ccnc-2c13. The lowest BCUT2D eigenvalue weighted by Crippen LogP contribution is -2.05. The quantitative estimate of drug-likeness (QED) is 0.527. The molecule has 1 aliphatic rings. The van der Waals surface area contributed by atoms with E-state index < -0.39 is 0 Å². The van der Waals surface area contributed by atoms with Crippen LogP contribution >= 0.6 is 0 Å². The molecule has 5 nitrogen and oxygen atoms in total. The Morgan fingerprint density at radius 2 is 1.95 bits per heavy atom. The van der Waals surface area contributed by atoms with Crippen LogP contribution in [-0.2, 0) is 0 Å². The van der Waals surface area contributed by atoms with Gasteiger partial charge in [0.2, 0.25) is 5.43 Å². The first-order valence-electron chi connectivity index (χ1n) is 6.69. The van der Waals surface area contributed by atoms with Gasteiger partial charge in [-0.25, -0.2) is 0 Å². The van der Waals surface area contributed by atoms with E-state index >= 15 is 0 Å². The Kier molecular flexibility index (Phi) is 2.42. The van der Waals surface area contributed by atoms with Gasteiger partial charge in [0.15, 0.2) is 17.2 Å². The van der Waals surface area contributed by atoms with Crippen molar-refractivity contribution in [1.29, 1.82) is 0 Å². The Morgan fingerprint density at radius 3 is 2.73 bits per heavy atom. The molecule has 2 N–H and O–H groups in total. The van der Waals surface area contributed by atoms with Crippen LogP contribution in [0.2, 0.25) is 0 Å². The zero-order valence-electron chi connectivity index (χ0n) is 11.6. The standard InChI is InChI=1S/C17H11NO4/c1-22-11-4-2-3-9-13(17(11)21)14-12-8(5-6-18-15(9)12)7-10(19)16(14)20/h2-7,19-20H,1H3. The molecule has 1 heterocycles. The minimum absolute atomic E-state index is 0.171. The Morgan fingerprint density at radius 1 is 1.14 bits per heavy atom. The zero-order chi connectivity index (χ0) is 15.4. The molecule has 0 fully saturated rings. The van der Waals surface area contributed by atoms with Gasteiger partial charge in [-0.15, -0.1) is 0 Å². The summed E-state index contributed by atoms with van der Waals surface area (Å²) in [5, 5.41) is 21.6. The highest BCUT2D eigenvalue weighted by Gasteiger charge is 2.29. The molecule has 4 rings (SSSR count). The highest BCUT2D eigenvalue weighted by atomic mass is 16.5. The summed E-state index contributed by atoms with van der Waals surface area (Å²) in [7, 11) is 1.42. The van der Waals surface area contributed by atoms with Crippen molar-refractivity contribution in [3.8, 4) is 39.6 Å². The molecule has 0 saturated carbocycles. The zero-order valence-corrected chi connectivity index (χ0v) is 11.6. The number of aromatic hydroxyl groups is 2. The minimum Gasteiger partial charge on any atom is -0.504 e. The van der Waals surface area contributed by atoms with Gasteiger partial charge in [0.25, 0.3) is 0 Å². The van der Waals surface area contributed by atoms with E-state index in [1.807, 2.05) is 0 Å². The van der Waals surface area contributed by atoms with Crippen LogP contribution in [0.5, 0.6) is 17.2 Å². The number of hydrogen-bond acceptors (Lipinski definition) is 5. The van der Waals surface area contributed by atoms with Crippen LogP contribution in [0.15, 0.2) is 41.3 Å². The number of rotatable bonds is 1. The highest BCUT2D eigenvalue weighted by molar-refractivity contribution is 6.16. The average molecular weight is 293 g/mol. The van der Waals surface area contributed by atoms with Crippen LogP contribution in [0.25, 0.3) is 33.2 Å². The predicted molar refractivity (Wildman–Crippen MR) is 82.3 cm³/mol. The summed E-state index contributed by atoms with van der Waals surface area (Å²) in [6, 6.07) is 8.24. The number of phenols is 2. The van der Waals surface area contributed by atoms with Gasteiger partial charge in [-0.2, -0.15) is 0 Å². The number of methoxy groups -OCH3 is 1. The van der Waals surface area contributed by atoms with Crippen molar-refractivity contribution in [2.45, 2.75) is 0 Å². The van der Waals surface area contributed by atoms with Crippen LogP contribution in [0.4, 0.5) is 0 Å². The van der Waals surface area contributed by atoms with E-state index in [-0.39, 0.29) is 22.7 Å². The van der Waals surface area contributed by atoms with Gasteiger partial charge >= 0.3 is 0 Å². The Bertz CT molecular complexity index is 1010. The first-order chi connectivity index (χ1) is 10.6. The third kappa shape index (κ3) is 1.42. The van der Waals surface area contributed by atoms with E-state index in [4.69, 9.17) is 4.74 Å². The van der Waals surface area contributed by atoms with Gasteiger partial charge in [-0.3, -0.25) is 9.78 Å². The molecule has 22 heavy (non-hydrogen) atoms. The third-order valence-corrected chi connectivity index (χ3v) is 3.96. The van der Waals surface area contributed by atoms with Crippen LogP contribution in [-0.4, -0.2) is 22.3 Å².